The Labute approximate surface area is 90.1 Å². The van der Waals surface area contributed by atoms with Crippen LogP contribution in [0.4, 0.5) is 0 Å². The normalized spacial score (nSPS) is 4.57. The van der Waals surface area contributed by atoms with Gasteiger partial charge in [-0.3, -0.25) is 4.79 Å². The van der Waals surface area contributed by atoms with E-state index in [2.05, 4.69) is 12.3 Å². The first-order valence-corrected chi connectivity index (χ1v) is 1.19. The van der Waals surface area contributed by atoms with Gasteiger partial charge in [0.05, 0.1) is 0 Å². The van der Waals surface area contributed by atoms with E-state index in [1.54, 1.807) is 0 Å². The van der Waals surface area contributed by atoms with E-state index in [1.807, 2.05) is 0 Å². The summed E-state index contributed by atoms with van der Waals surface area (Å²) in [6.45, 7) is 3.09. The molecule has 0 aromatic carbocycles. The van der Waals surface area contributed by atoms with Crippen molar-refractivity contribution in [2.75, 3.05) is 0 Å². The first-order chi connectivity index (χ1) is 2.27. The summed E-state index contributed by atoms with van der Waals surface area (Å²) in [6, 6.07) is 0. The van der Waals surface area contributed by atoms with Gasteiger partial charge in [0.1, 0.15) is 0 Å². The van der Waals surface area contributed by atoms with Gasteiger partial charge in [0.25, 0.3) is 0 Å². The minimum Gasteiger partial charge on any atom is -1.00 e. The monoisotopic (exact) mass is 119 g/mol. The van der Waals surface area contributed by atoms with Gasteiger partial charge < -0.3 is 8.59 Å². The molecule has 0 heterocycles. The maximum Gasteiger partial charge on any atom is 1.00 e. The molecule has 0 saturated heterocycles. The van der Waals surface area contributed by atoms with Gasteiger partial charge in [-0.25, -0.2) is 0 Å². The zero-order chi connectivity index (χ0) is 4.28. The minimum atomic E-state index is -0.481. The van der Waals surface area contributed by atoms with Crippen molar-refractivity contribution in [3.8, 4) is 0 Å². The second-order valence-corrected chi connectivity index (χ2v) is 0.606. The van der Waals surface area contributed by atoms with Crippen molar-refractivity contribution in [1.82, 2.24) is 0 Å². The van der Waals surface area contributed by atoms with Crippen LogP contribution in [0.2, 0.25) is 0 Å². The molecule has 0 atom stereocenters. The molecule has 0 aromatic rings. The van der Waals surface area contributed by atoms with Gasteiger partial charge in [-0.1, -0.05) is 6.58 Å². The second kappa shape index (κ2) is 10.2. The molecule has 0 radical (unpaired) electrons. The molecule has 7 heavy (non-hydrogen) atoms. The number of primary amides is 1. The second-order valence-electron chi connectivity index (χ2n) is 0.606. The van der Waals surface area contributed by atoms with Crippen LogP contribution in [0.5, 0.6) is 0 Å². The van der Waals surface area contributed by atoms with E-state index in [9.17, 15) is 4.79 Å². The fourth-order valence-electron chi connectivity index (χ4n) is 0. The average molecular weight is 119 g/mol. The van der Waals surface area contributed by atoms with Crippen LogP contribution in [-0.4, -0.2) is 5.91 Å². The summed E-state index contributed by atoms with van der Waals surface area (Å²) in [7, 11) is 0. The number of hydrogen-bond donors (Lipinski definition) is 1. The van der Waals surface area contributed by atoms with Crippen LogP contribution in [0.25, 0.3) is 0 Å². The SMILES string of the molecule is C=CC(N)=O.[H-].[H-].[Na+].[Na+]. The average Bonchev–Trinajstić information content (AvgIpc) is 1.38. The van der Waals surface area contributed by atoms with Crippen molar-refractivity contribution in [3.05, 3.63) is 12.7 Å². The Morgan fingerprint density at radius 2 is 1.86 bits per heavy atom. The number of carbonyl (C=O) groups is 1. The van der Waals surface area contributed by atoms with Gasteiger partial charge in [-0.05, 0) is 6.08 Å². The summed E-state index contributed by atoms with van der Waals surface area (Å²) in [6.07, 6.45) is 1.06. The molecule has 0 aromatic heterocycles. The summed E-state index contributed by atoms with van der Waals surface area (Å²) < 4.78 is 0. The number of hydrogen-bond acceptors (Lipinski definition) is 1. The Balaban J connectivity index is -0.0000000133. The van der Waals surface area contributed by atoms with Crippen LogP contribution in [0.15, 0.2) is 12.7 Å². The molecule has 0 fully saturated rings. The molecule has 0 rings (SSSR count). The van der Waals surface area contributed by atoms with Crippen LogP contribution >= 0.6 is 0 Å². The van der Waals surface area contributed by atoms with E-state index in [0.29, 0.717) is 0 Å². The van der Waals surface area contributed by atoms with Crippen molar-refractivity contribution < 1.29 is 66.8 Å². The maximum absolute atomic E-state index is 9.47. The van der Waals surface area contributed by atoms with Crippen LogP contribution in [-0.2, 0) is 4.79 Å². The molecule has 0 unspecified atom stereocenters. The molecular formula is C3H7NNa2O. The van der Waals surface area contributed by atoms with Crippen molar-refractivity contribution >= 4 is 5.91 Å². The molecule has 2 nitrogen and oxygen atoms in total. The first kappa shape index (κ1) is 15.7. The molecule has 0 spiro atoms. The molecule has 1 amide bonds. The zero-order valence-corrected chi connectivity index (χ0v) is 8.77. The topological polar surface area (TPSA) is 43.1 Å². The van der Waals surface area contributed by atoms with Gasteiger partial charge >= 0.3 is 59.1 Å². The Kier molecular flexibility index (Phi) is 23.0. The van der Waals surface area contributed by atoms with Gasteiger partial charge in [-0.2, -0.15) is 0 Å². The van der Waals surface area contributed by atoms with Crippen LogP contribution in [0.3, 0.4) is 0 Å². The number of nitrogens with two attached hydrogens (primary N) is 1. The van der Waals surface area contributed by atoms with Gasteiger partial charge in [-0.15, -0.1) is 0 Å². The summed E-state index contributed by atoms with van der Waals surface area (Å²) in [4.78, 5) is 9.47. The van der Waals surface area contributed by atoms with E-state index >= 15 is 0 Å². The molecule has 0 aliphatic rings. The fourth-order valence-corrected chi connectivity index (χ4v) is 0. The van der Waals surface area contributed by atoms with E-state index < -0.39 is 5.91 Å². The van der Waals surface area contributed by atoms with Crippen molar-refractivity contribution in [2.45, 2.75) is 0 Å². The fraction of sp³-hybridized carbons (Fsp3) is 0. The number of amides is 1. The predicted molar refractivity (Wildman–Crippen MR) is 21.6 cm³/mol. The summed E-state index contributed by atoms with van der Waals surface area (Å²) in [5, 5.41) is 0. The molecular weight excluding hydrogens is 112 g/mol. The van der Waals surface area contributed by atoms with Gasteiger partial charge in [0, 0.05) is 0 Å². The largest absolute Gasteiger partial charge is 1.00 e. The van der Waals surface area contributed by atoms with E-state index in [0.717, 1.165) is 6.08 Å². The summed E-state index contributed by atoms with van der Waals surface area (Å²) in [5.41, 5.74) is 4.53. The summed E-state index contributed by atoms with van der Waals surface area (Å²) >= 11 is 0. The van der Waals surface area contributed by atoms with E-state index in [4.69, 9.17) is 0 Å². The van der Waals surface area contributed by atoms with Crippen molar-refractivity contribution in [2.24, 2.45) is 5.73 Å². The standard InChI is InChI=1S/C3H5NO.2Na.2H/c1-2-3(4)5;;;;/h2H,1H2,(H2,4,5);;;;/q;2*+1;2*-1. The molecule has 0 aliphatic heterocycles. The zero-order valence-electron chi connectivity index (χ0n) is 6.77. The first-order valence-electron chi connectivity index (χ1n) is 1.19. The van der Waals surface area contributed by atoms with Gasteiger partial charge in [0.2, 0.25) is 5.91 Å². The van der Waals surface area contributed by atoms with E-state index in [1.165, 1.54) is 0 Å². The summed E-state index contributed by atoms with van der Waals surface area (Å²) in [5.74, 6) is -0.481. The Morgan fingerprint density at radius 3 is 1.86 bits per heavy atom. The quantitative estimate of drug-likeness (QED) is 0.271. The molecule has 4 heteroatoms. The molecule has 0 saturated carbocycles. The Hall–Kier alpha value is 1.21. The number of rotatable bonds is 1. The van der Waals surface area contributed by atoms with Crippen LogP contribution in [0.1, 0.15) is 2.85 Å². The van der Waals surface area contributed by atoms with Gasteiger partial charge in [0.15, 0.2) is 0 Å². The van der Waals surface area contributed by atoms with Crippen LogP contribution < -0.4 is 64.8 Å². The van der Waals surface area contributed by atoms with Crippen molar-refractivity contribution in [1.29, 1.82) is 0 Å². The Morgan fingerprint density at radius 1 is 1.71 bits per heavy atom. The third-order valence-corrected chi connectivity index (χ3v) is 0.201. The van der Waals surface area contributed by atoms with Crippen LogP contribution in [0, 0.1) is 0 Å². The van der Waals surface area contributed by atoms with Crippen molar-refractivity contribution in [3.63, 3.8) is 0 Å². The Bertz CT molecular complexity index is 70.8. The maximum atomic E-state index is 9.47. The third kappa shape index (κ3) is 19.0. The smallest absolute Gasteiger partial charge is 1.00 e. The molecule has 0 aliphatic carbocycles. The third-order valence-electron chi connectivity index (χ3n) is 0.201. The van der Waals surface area contributed by atoms with E-state index in [-0.39, 0.29) is 62.0 Å². The predicted octanol–water partition coefficient (Wildman–Crippen LogP) is -6.11. The minimum absolute atomic E-state index is 0. The number of carbonyl (C=O) groups excluding carboxylic acids is 1. The molecule has 0 bridgehead atoms. The molecule has 2 N–H and O–H groups in total. The molecule has 32 valence electrons.